The summed E-state index contributed by atoms with van der Waals surface area (Å²) < 4.78 is 5.73. The molecule has 0 aliphatic heterocycles. The number of para-hydroxylation sites is 2. The highest BCUT2D eigenvalue weighted by molar-refractivity contribution is 5.91. The summed E-state index contributed by atoms with van der Waals surface area (Å²) in [5.41, 5.74) is 0.668. The van der Waals surface area contributed by atoms with E-state index >= 15 is 0 Å². The van der Waals surface area contributed by atoms with E-state index in [2.05, 4.69) is 10.6 Å². The Morgan fingerprint density at radius 1 is 1.45 bits per heavy atom. The molecular formula is C15H22N2O3. The predicted octanol–water partition coefficient (Wildman–Crippen LogP) is 2.37. The van der Waals surface area contributed by atoms with Crippen LogP contribution < -0.4 is 15.4 Å². The third kappa shape index (κ3) is 4.74. The summed E-state index contributed by atoms with van der Waals surface area (Å²) in [5, 5.41) is 14.4. The molecule has 110 valence electrons. The van der Waals surface area contributed by atoms with Gasteiger partial charge in [0.25, 0.3) is 0 Å². The van der Waals surface area contributed by atoms with Crippen LogP contribution in [0.25, 0.3) is 0 Å². The first kappa shape index (κ1) is 14.7. The van der Waals surface area contributed by atoms with Crippen LogP contribution in [-0.2, 0) is 0 Å². The summed E-state index contributed by atoms with van der Waals surface area (Å²) >= 11 is 0. The molecule has 3 N–H and O–H groups in total. The molecule has 5 heteroatoms. The maximum Gasteiger partial charge on any atom is 0.319 e. The van der Waals surface area contributed by atoms with Gasteiger partial charge in [0, 0.05) is 12.6 Å². The fraction of sp³-hybridized carbons (Fsp3) is 0.533. The Morgan fingerprint density at radius 3 is 2.90 bits per heavy atom. The van der Waals surface area contributed by atoms with Crippen molar-refractivity contribution in [3.8, 4) is 5.75 Å². The van der Waals surface area contributed by atoms with E-state index in [1.807, 2.05) is 31.2 Å². The number of nitrogens with one attached hydrogen (secondary N) is 2. The summed E-state index contributed by atoms with van der Waals surface area (Å²) in [6.45, 7) is 2.62. The van der Waals surface area contributed by atoms with Crippen molar-refractivity contribution in [3.63, 3.8) is 0 Å². The maximum atomic E-state index is 11.8. The Bertz CT molecular complexity index is 446. The molecule has 5 nitrogen and oxygen atoms in total. The molecule has 0 unspecified atom stereocenters. The van der Waals surface area contributed by atoms with Crippen molar-refractivity contribution in [3.05, 3.63) is 24.3 Å². The highest BCUT2D eigenvalue weighted by Crippen LogP contribution is 2.31. The smallest absolute Gasteiger partial charge is 0.319 e. The standard InChI is InChI=1S/C15H22N2O3/c1-11(8-9-18)16-15(19)17-13-4-2-3-5-14(13)20-10-12-6-7-12/h2-5,11-12,18H,6-10H2,1H3,(H2,16,17,19)/t11-/m1/s1. The molecule has 1 saturated carbocycles. The second kappa shape index (κ2) is 7.14. The molecular weight excluding hydrogens is 256 g/mol. The van der Waals surface area contributed by atoms with E-state index in [1.54, 1.807) is 0 Å². The topological polar surface area (TPSA) is 70.6 Å². The van der Waals surface area contributed by atoms with Crippen LogP contribution in [0.5, 0.6) is 5.75 Å². The number of hydrogen-bond acceptors (Lipinski definition) is 3. The molecule has 0 spiro atoms. The van der Waals surface area contributed by atoms with Crippen molar-refractivity contribution in [2.45, 2.75) is 32.2 Å². The molecule has 2 rings (SSSR count). The van der Waals surface area contributed by atoms with E-state index in [4.69, 9.17) is 9.84 Å². The van der Waals surface area contributed by atoms with Crippen LogP contribution in [0, 0.1) is 5.92 Å². The third-order valence-corrected chi connectivity index (χ3v) is 3.25. The molecule has 1 aromatic carbocycles. The van der Waals surface area contributed by atoms with Gasteiger partial charge in [0.2, 0.25) is 0 Å². The largest absolute Gasteiger partial charge is 0.491 e. The number of hydrogen-bond donors (Lipinski definition) is 3. The minimum atomic E-state index is -0.284. The SMILES string of the molecule is C[C@H](CCO)NC(=O)Nc1ccccc1OCC1CC1. The number of amides is 2. The molecule has 1 aliphatic carbocycles. The number of rotatable bonds is 7. The van der Waals surface area contributed by atoms with Gasteiger partial charge in [-0.3, -0.25) is 0 Å². The van der Waals surface area contributed by atoms with E-state index in [1.165, 1.54) is 12.8 Å². The Hall–Kier alpha value is -1.75. The summed E-state index contributed by atoms with van der Waals surface area (Å²) in [6, 6.07) is 7.07. The molecule has 0 aromatic heterocycles. The first-order valence-corrected chi connectivity index (χ1v) is 7.09. The first-order valence-electron chi connectivity index (χ1n) is 7.09. The van der Waals surface area contributed by atoms with Gasteiger partial charge in [0.1, 0.15) is 5.75 Å². The summed E-state index contributed by atoms with van der Waals surface area (Å²) in [5.74, 6) is 1.37. The highest BCUT2D eigenvalue weighted by Gasteiger charge is 2.22. The van der Waals surface area contributed by atoms with Gasteiger partial charge in [0.15, 0.2) is 0 Å². The maximum absolute atomic E-state index is 11.8. The zero-order chi connectivity index (χ0) is 14.4. The Kier molecular flexibility index (Phi) is 5.24. The Labute approximate surface area is 119 Å². The van der Waals surface area contributed by atoms with Gasteiger partial charge in [0.05, 0.1) is 12.3 Å². The average molecular weight is 278 g/mol. The van der Waals surface area contributed by atoms with E-state index < -0.39 is 0 Å². The fourth-order valence-electron chi connectivity index (χ4n) is 1.84. The van der Waals surface area contributed by atoms with E-state index in [9.17, 15) is 4.79 Å². The molecule has 0 radical (unpaired) electrons. The lowest BCUT2D eigenvalue weighted by Crippen LogP contribution is -2.36. The van der Waals surface area contributed by atoms with Gasteiger partial charge in [-0.05, 0) is 44.2 Å². The third-order valence-electron chi connectivity index (χ3n) is 3.25. The molecule has 1 aromatic rings. The van der Waals surface area contributed by atoms with Crippen LogP contribution in [0.15, 0.2) is 24.3 Å². The quantitative estimate of drug-likeness (QED) is 0.717. The van der Waals surface area contributed by atoms with Gasteiger partial charge < -0.3 is 20.5 Å². The van der Waals surface area contributed by atoms with Gasteiger partial charge in [-0.15, -0.1) is 0 Å². The van der Waals surface area contributed by atoms with Crippen molar-refractivity contribution in [1.82, 2.24) is 5.32 Å². The van der Waals surface area contributed by atoms with Crippen LogP contribution in [-0.4, -0.2) is 30.4 Å². The molecule has 0 heterocycles. The minimum absolute atomic E-state index is 0.0581. The van der Waals surface area contributed by atoms with Gasteiger partial charge >= 0.3 is 6.03 Å². The molecule has 1 atom stereocenters. The van der Waals surface area contributed by atoms with Crippen molar-refractivity contribution in [1.29, 1.82) is 0 Å². The van der Waals surface area contributed by atoms with E-state index in [-0.39, 0.29) is 18.7 Å². The van der Waals surface area contributed by atoms with Crippen molar-refractivity contribution in [2.75, 3.05) is 18.5 Å². The number of anilines is 1. The molecule has 1 fully saturated rings. The minimum Gasteiger partial charge on any atom is -0.491 e. The number of benzene rings is 1. The average Bonchev–Trinajstić information content (AvgIpc) is 3.22. The van der Waals surface area contributed by atoms with Crippen molar-refractivity contribution < 1.29 is 14.6 Å². The normalized spacial score (nSPS) is 15.5. The Balaban J connectivity index is 1.88. The summed E-state index contributed by atoms with van der Waals surface area (Å²) in [4.78, 5) is 11.8. The van der Waals surface area contributed by atoms with Gasteiger partial charge in [-0.1, -0.05) is 12.1 Å². The van der Waals surface area contributed by atoms with E-state index in [0.717, 1.165) is 0 Å². The van der Waals surface area contributed by atoms with Crippen molar-refractivity contribution >= 4 is 11.7 Å². The second-order valence-electron chi connectivity index (χ2n) is 5.26. The number of carbonyl (C=O) groups is 1. The predicted molar refractivity (Wildman–Crippen MR) is 78.0 cm³/mol. The van der Waals surface area contributed by atoms with Crippen molar-refractivity contribution in [2.24, 2.45) is 5.92 Å². The molecule has 1 aliphatic rings. The van der Waals surface area contributed by atoms with Crippen LogP contribution in [0.4, 0.5) is 10.5 Å². The zero-order valence-corrected chi connectivity index (χ0v) is 11.8. The Morgan fingerprint density at radius 2 is 2.20 bits per heavy atom. The fourth-order valence-corrected chi connectivity index (χ4v) is 1.84. The zero-order valence-electron chi connectivity index (χ0n) is 11.8. The first-order chi connectivity index (χ1) is 9.69. The number of aliphatic hydroxyl groups excluding tert-OH is 1. The van der Waals surface area contributed by atoms with Crippen LogP contribution in [0.2, 0.25) is 0 Å². The number of ether oxygens (including phenoxy) is 1. The number of carbonyl (C=O) groups excluding carboxylic acids is 1. The van der Waals surface area contributed by atoms with Crippen LogP contribution >= 0.6 is 0 Å². The number of aliphatic hydroxyl groups is 1. The second-order valence-corrected chi connectivity index (χ2v) is 5.26. The monoisotopic (exact) mass is 278 g/mol. The van der Waals surface area contributed by atoms with Gasteiger partial charge in [-0.25, -0.2) is 4.79 Å². The highest BCUT2D eigenvalue weighted by atomic mass is 16.5. The lowest BCUT2D eigenvalue weighted by molar-refractivity contribution is 0.241. The molecule has 20 heavy (non-hydrogen) atoms. The molecule has 0 saturated heterocycles. The van der Waals surface area contributed by atoms with E-state index in [0.29, 0.717) is 30.4 Å². The summed E-state index contributed by atoms with van der Waals surface area (Å²) in [7, 11) is 0. The van der Waals surface area contributed by atoms with Crippen LogP contribution in [0.1, 0.15) is 26.2 Å². The lowest BCUT2D eigenvalue weighted by atomic mass is 10.2. The lowest BCUT2D eigenvalue weighted by Gasteiger charge is -2.15. The van der Waals surface area contributed by atoms with Crippen LogP contribution in [0.3, 0.4) is 0 Å². The molecule has 2 amide bonds. The van der Waals surface area contributed by atoms with Gasteiger partial charge in [-0.2, -0.15) is 0 Å². The summed E-state index contributed by atoms with van der Waals surface area (Å²) in [6.07, 6.45) is 3.00. The number of urea groups is 1. The molecule has 0 bridgehead atoms.